The molecule has 0 aromatic carbocycles. The smallest absolute Gasteiger partial charge is 0.242 e. The summed E-state index contributed by atoms with van der Waals surface area (Å²) in [6.07, 6.45) is 11.0. The number of aromatic nitrogens is 2. The second-order valence-corrected chi connectivity index (χ2v) is 10.0. The fourth-order valence-corrected chi connectivity index (χ4v) is 5.47. The molecule has 1 aromatic heterocycles. The molecule has 152 valence electrons. The molecule has 8 heteroatoms. The number of hydrogen-bond acceptors (Lipinski definition) is 4. The number of carbonyl (C=O) groups excluding carboxylic acids is 1. The van der Waals surface area contributed by atoms with Gasteiger partial charge in [-0.25, -0.2) is 13.1 Å². The van der Waals surface area contributed by atoms with Crippen molar-refractivity contribution in [3.05, 3.63) is 11.8 Å². The lowest BCUT2D eigenvalue weighted by Crippen LogP contribution is -2.41. The lowest BCUT2D eigenvalue weighted by molar-refractivity contribution is -0.113. The van der Waals surface area contributed by atoms with Crippen LogP contribution in [0.4, 0.5) is 5.82 Å². The SMILES string of the molecule is CC1CCC(NS(=O)(=O)CC(=O)Nc2cc(C3CCCCCC3)[nH]n2)CC1. The molecule has 2 aliphatic carbocycles. The van der Waals surface area contributed by atoms with Gasteiger partial charge in [-0.2, -0.15) is 5.10 Å². The van der Waals surface area contributed by atoms with Gasteiger partial charge in [0.1, 0.15) is 5.75 Å². The van der Waals surface area contributed by atoms with Gasteiger partial charge in [-0.05, 0) is 44.4 Å². The van der Waals surface area contributed by atoms with Gasteiger partial charge >= 0.3 is 0 Å². The summed E-state index contributed by atoms with van der Waals surface area (Å²) in [4.78, 5) is 12.2. The van der Waals surface area contributed by atoms with Gasteiger partial charge in [0, 0.05) is 23.7 Å². The third-order valence-electron chi connectivity index (χ3n) is 5.84. The van der Waals surface area contributed by atoms with E-state index in [1.807, 2.05) is 6.07 Å². The lowest BCUT2D eigenvalue weighted by Gasteiger charge is -2.26. The molecule has 3 rings (SSSR count). The van der Waals surface area contributed by atoms with Crippen molar-refractivity contribution in [2.45, 2.75) is 83.1 Å². The maximum absolute atomic E-state index is 12.3. The van der Waals surface area contributed by atoms with E-state index in [1.54, 1.807) is 0 Å². The largest absolute Gasteiger partial charge is 0.308 e. The first-order valence-corrected chi connectivity index (χ1v) is 11.9. The molecule has 0 radical (unpaired) electrons. The number of anilines is 1. The summed E-state index contributed by atoms with van der Waals surface area (Å²) in [7, 11) is -3.64. The summed E-state index contributed by atoms with van der Waals surface area (Å²) < 4.78 is 27.2. The molecule has 0 unspecified atom stereocenters. The molecule has 2 aliphatic rings. The van der Waals surface area contributed by atoms with Gasteiger partial charge in [-0.1, -0.05) is 32.6 Å². The van der Waals surface area contributed by atoms with Crippen molar-refractivity contribution in [1.29, 1.82) is 0 Å². The molecule has 2 fully saturated rings. The van der Waals surface area contributed by atoms with Crippen molar-refractivity contribution in [2.24, 2.45) is 5.92 Å². The summed E-state index contributed by atoms with van der Waals surface area (Å²) in [6.45, 7) is 2.19. The standard InChI is InChI=1S/C19H32N4O3S/c1-14-8-10-16(11-9-14)23-27(25,26)13-19(24)20-18-12-17(21-22-18)15-6-4-2-3-5-7-15/h12,14-16,23H,2-11,13H2,1H3,(H2,20,21,22,24). The minimum absolute atomic E-state index is 0.0498. The maximum Gasteiger partial charge on any atom is 0.242 e. The molecule has 0 bridgehead atoms. The second-order valence-electron chi connectivity index (χ2n) is 8.28. The number of amides is 1. The summed E-state index contributed by atoms with van der Waals surface area (Å²) in [5.74, 6) is 0.387. The Balaban J connectivity index is 1.49. The van der Waals surface area contributed by atoms with Crippen LogP contribution in [0.15, 0.2) is 6.07 Å². The molecule has 7 nitrogen and oxygen atoms in total. The molecule has 0 saturated heterocycles. The predicted octanol–water partition coefficient (Wildman–Crippen LogP) is 3.28. The summed E-state index contributed by atoms with van der Waals surface area (Å²) in [6, 6.07) is 1.79. The number of rotatable bonds is 6. The van der Waals surface area contributed by atoms with Gasteiger partial charge in [0.15, 0.2) is 5.82 Å². The number of nitrogens with one attached hydrogen (secondary N) is 3. The Bertz CT molecular complexity index is 715. The normalized spacial score (nSPS) is 25.1. The molecule has 1 aromatic rings. The Kier molecular flexibility index (Phi) is 6.92. The highest BCUT2D eigenvalue weighted by molar-refractivity contribution is 7.90. The van der Waals surface area contributed by atoms with E-state index in [1.165, 1.54) is 25.7 Å². The van der Waals surface area contributed by atoms with Crippen LogP contribution in [0.2, 0.25) is 0 Å². The number of hydrogen-bond donors (Lipinski definition) is 3. The van der Waals surface area contributed by atoms with E-state index >= 15 is 0 Å². The first kappa shape index (κ1) is 20.3. The zero-order valence-corrected chi connectivity index (χ0v) is 17.0. The van der Waals surface area contributed by atoms with Gasteiger partial charge in [0.2, 0.25) is 15.9 Å². The number of sulfonamides is 1. The number of H-pyrrole nitrogens is 1. The van der Waals surface area contributed by atoms with Crippen molar-refractivity contribution in [3.8, 4) is 0 Å². The summed E-state index contributed by atoms with van der Waals surface area (Å²) in [5, 5.41) is 9.77. The predicted molar refractivity (Wildman–Crippen MR) is 106 cm³/mol. The monoisotopic (exact) mass is 396 g/mol. The summed E-state index contributed by atoms with van der Waals surface area (Å²) in [5.41, 5.74) is 1.03. The third-order valence-corrected chi connectivity index (χ3v) is 7.18. The fraction of sp³-hybridized carbons (Fsp3) is 0.789. The Morgan fingerprint density at radius 1 is 1.11 bits per heavy atom. The number of carbonyl (C=O) groups is 1. The van der Waals surface area contributed by atoms with E-state index in [0.717, 1.165) is 44.2 Å². The van der Waals surface area contributed by atoms with Crippen LogP contribution < -0.4 is 10.0 Å². The van der Waals surface area contributed by atoms with E-state index in [9.17, 15) is 13.2 Å². The van der Waals surface area contributed by atoms with Crippen LogP contribution in [0.1, 0.15) is 82.7 Å². The van der Waals surface area contributed by atoms with Crippen LogP contribution in [0.25, 0.3) is 0 Å². The van der Waals surface area contributed by atoms with Gasteiger partial charge in [0.25, 0.3) is 0 Å². The second kappa shape index (κ2) is 9.19. The van der Waals surface area contributed by atoms with Gasteiger partial charge in [-0.15, -0.1) is 0 Å². The average Bonchev–Trinajstić information content (AvgIpc) is 2.89. The highest BCUT2D eigenvalue weighted by Gasteiger charge is 2.25. The molecular formula is C19H32N4O3S. The van der Waals surface area contributed by atoms with E-state index in [0.29, 0.717) is 17.7 Å². The van der Waals surface area contributed by atoms with Gasteiger partial charge in [0.05, 0.1) is 0 Å². The Morgan fingerprint density at radius 3 is 2.44 bits per heavy atom. The van der Waals surface area contributed by atoms with E-state index in [2.05, 4.69) is 27.2 Å². The summed E-state index contributed by atoms with van der Waals surface area (Å²) >= 11 is 0. The topological polar surface area (TPSA) is 104 Å². The minimum atomic E-state index is -3.64. The number of nitrogens with zero attached hydrogens (tertiary/aromatic N) is 1. The molecular weight excluding hydrogens is 364 g/mol. The fourth-order valence-electron chi connectivity index (χ4n) is 4.23. The van der Waals surface area contributed by atoms with Crippen LogP contribution in [0.5, 0.6) is 0 Å². The average molecular weight is 397 g/mol. The van der Waals surface area contributed by atoms with E-state index in [4.69, 9.17) is 0 Å². The van der Waals surface area contributed by atoms with Crippen LogP contribution in [-0.2, 0) is 14.8 Å². The van der Waals surface area contributed by atoms with Crippen molar-refractivity contribution >= 4 is 21.7 Å². The molecule has 0 atom stereocenters. The van der Waals surface area contributed by atoms with Crippen LogP contribution in [0, 0.1) is 5.92 Å². The van der Waals surface area contributed by atoms with Crippen LogP contribution in [-0.4, -0.2) is 36.3 Å². The molecule has 0 aliphatic heterocycles. The molecule has 27 heavy (non-hydrogen) atoms. The lowest BCUT2D eigenvalue weighted by atomic mass is 9.88. The molecule has 0 spiro atoms. The molecule has 1 heterocycles. The highest BCUT2D eigenvalue weighted by atomic mass is 32.2. The zero-order valence-electron chi connectivity index (χ0n) is 16.2. The quantitative estimate of drug-likeness (QED) is 0.642. The maximum atomic E-state index is 12.3. The van der Waals surface area contributed by atoms with Gasteiger partial charge in [-0.3, -0.25) is 9.89 Å². The Hall–Kier alpha value is -1.41. The van der Waals surface area contributed by atoms with Crippen molar-refractivity contribution in [2.75, 3.05) is 11.1 Å². The van der Waals surface area contributed by atoms with Crippen LogP contribution in [0.3, 0.4) is 0 Å². The first-order chi connectivity index (χ1) is 12.9. The minimum Gasteiger partial charge on any atom is -0.308 e. The van der Waals surface area contributed by atoms with E-state index < -0.39 is 21.7 Å². The molecule has 2 saturated carbocycles. The Morgan fingerprint density at radius 2 is 1.78 bits per heavy atom. The molecule has 1 amide bonds. The Labute approximate surface area is 162 Å². The zero-order chi connectivity index (χ0) is 19.3. The van der Waals surface area contributed by atoms with Crippen LogP contribution >= 0.6 is 0 Å². The van der Waals surface area contributed by atoms with Gasteiger partial charge < -0.3 is 5.32 Å². The van der Waals surface area contributed by atoms with Crippen molar-refractivity contribution < 1.29 is 13.2 Å². The molecule has 3 N–H and O–H groups in total. The van der Waals surface area contributed by atoms with Crippen molar-refractivity contribution in [3.63, 3.8) is 0 Å². The van der Waals surface area contributed by atoms with Crippen molar-refractivity contribution in [1.82, 2.24) is 14.9 Å². The number of aromatic amines is 1. The van der Waals surface area contributed by atoms with E-state index in [-0.39, 0.29) is 6.04 Å². The highest BCUT2D eigenvalue weighted by Crippen LogP contribution is 2.31. The third kappa shape index (κ3) is 6.31. The first-order valence-electron chi connectivity index (χ1n) is 10.3.